The molecule has 0 heterocycles. The van der Waals surface area contributed by atoms with E-state index in [1.54, 1.807) is 0 Å². The number of aliphatic hydroxyl groups is 2. The molecule has 5 atom stereocenters. The largest absolute Gasteiger partial charge is 0.512 e. The minimum Gasteiger partial charge on any atom is -0.512 e. The van der Waals surface area contributed by atoms with Crippen LogP contribution in [0.4, 0.5) is 0 Å². The second-order valence-corrected chi connectivity index (χ2v) is 8.42. The van der Waals surface area contributed by atoms with E-state index < -0.39 is 12.1 Å². The summed E-state index contributed by atoms with van der Waals surface area (Å²) in [5.74, 6) is 0.883. The summed E-state index contributed by atoms with van der Waals surface area (Å²) in [7, 11) is 0. The molecule has 2 aliphatic rings. The minimum absolute atomic E-state index is 0.122. The molecule has 2 fully saturated rings. The van der Waals surface area contributed by atoms with E-state index in [1.807, 2.05) is 6.08 Å². The second kappa shape index (κ2) is 10.1. The molecule has 0 bridgehead atoms. The van der Waals surface area contributed by atoms with Crippen molar-refractivity contribution in [3.05, 3.63) is 23.5 Å². The van der Waals surface area contributed by atoms with Gasteiger partial charge in [-0.25, -0.2) is 0 Å². The van der Waals surface area contributed by atoms with Crippen LogP contribution in [0, 0.1) is 23.7 Å². The zero-order valence-electron chi connectivity index (χ0n) is 16.4. The zero-order chi connectivity index (χ0) is 19.1. The van der Waals surface area contributed by atoms with Crippen LogP contribution in [-0.4, -0.2) is 27.4 Å². The number of aliphatic carboxylic acids is 1. The van der Waals surface area contributed by atoms with E-state index in [1.165, 1.54) is 24.8 Å². The van der Waals surface area contributed by atoms with Crippen LogP contribution in [0.15, 0.2) is 23.5 Å². The molecule has 0 spiro atoms. The van der Waals surface area contributed by atoms with Gasteiger partial charge in [-0.1, -0.05) is 44.8 Å². The maximum absolute atomic E-state index is 10.6. The van der Waals surface area contributed by atoms with Gasteiger partial charge in [-0.05, 0) is 62.4 Å². The monoisotopic (exact) mass is 364 g/mol. The van der Waals surface area contributed by atoms with Crippen molar-refractivity contribution < 1.29 is 20.1 Å². The van der Waals surface area contributed by atoms with Crippen LogP contribution in [0.3, 0.4) is 0 Å². The lowest BCUT2D eigenvalue weighted by Gasteiger charge is -2.21. The molecule has 0 saturated heterocycles. The van der Waals surface area contributed by atoms with Crippen molar-refractivity contribution in [1.82, 2.24) is 0 Å². The van der Waals surface area contributed by atoms with Gasteiger partial charge >= 0.3 is 5.97 Å². The quantitative estimate of drug-likeness (QED) is 0.282. The van der Waals surface area contributed by atoms with Crippen molar-refractivity contribution in [2.75, 3.05) is 0 Å². The molecule has 0 aliphatic heterocycles. The topological polar surface area (TPSA) is 77.8 Å². The molecule has 26 heavy (non-hydrogen) atoms. The third-order valence-electron chi connectivity index (χ3n) is 6.20. The van der Waals surface area contributed by atoms with Gasteiger partial charge in [-0.3, -0.25) is 4.79 Å². The first-order valence-electron chi connectivity index (χ1n) is 10.4. The highest BCUT2D eigenvalue weighted by atomic mass is 16.4. The molecular formula is C22H36O4. The van der Waals surface area contributed by atoms with E-state index in [9.17, 15) is 15.0 Å². The van der Waals surface area contributed by atoms with Gasteiger partial charge in [0.1, 0.15) is 0 Å². The standard InChI is InChI=1S/C22H36O4/c1-3-4-7-15(2)10-11-19(23)22-18-13-16(8-5-6-9-21(25)26)12-17(18)14-20(22)24/h8,11,15,17-18,20,22-24H,3-7,9-10,12-14H2,1-2H3,(H,25,26)/b16-8+,19-11+/t15?,17-,18-,20+,22-/m0/s1. The van der Waals surface area contributed by atoms with Crippen molar-refractivity contribution in [2.45, 2.75) is 84.2 Å². The van der Waals surface area contributed by atoms with E-state index in [0.29, 0.717) is 29.9 Å². The molecule has 4 heteroatoms. The summed E-state index contributed by atoms with van der Waals surface area (Å²) < 4.78 is 0. The average Bonchev–Trinajstić information content (AvgIpc) is 3.10. The molecule has 2 aliphatic carbocycles. The molecule has 0 radical (unpaired) electrons. The first-order chi connectivity index (χ1) is 12.4. The van der Waals surface area contributed by atoms with Crippen molar-refractivity contribution >= 4 is 5.97 Å². The number of carboxylic acid groups (broad SMARTS) is 1. The first kappa shape index (κ1) is 21.0. The lowest BCUT2D eigenvalue weighted by atomic mass is 9.88. The van der Waals surface area contributed by atoms with Gasteiger partial charge in [0.25, 0.3) is 0 Å². The molecule has 1 unspecified atom stereocenters. The van der Waals surface area contributed by atoms with E-state index in [2.05, 4.69) is 19.9 Å². The summed E-state index contributed by atoms with van der Waals surface area (Å²) in [6, 6.07) is 0. The van der Waals surface area contributed by atoms with Gasteiger partial charge < -0.3 is 15.3 Å². The smallest absolute Gasteiger partial charge is 0.303 e. The molecular weight excluding hydrogens is 328 g/mol. The molecule has 3 N–H and O–H groups in total. The Balaban J connectivity index is 1.89. The number of unbranched alkanes of at least 4 members (excludes halogenated alkanes) is 2. The molecule has 2 rings (SSSR count). The first-order valence-corrected chi connectivity index (χ1v) is 10.4. The third kappa shape index (κ3) is 5.87. The summed E-state index contributed by atoms with van der Waals surface area (Å²) in [6.45, 7) is 4.42. The highest BCUT2D eigenvalue weighted by Gasteiger charge is 2.47. The highest BCUT2D eigenvalue weighted by Crippen LogP contribution is 2.52. The van der Waals surface area contributed by atoms with Gasteiger partial charge in [-0.2, -0.15) is 0 Å². The van der Waals surface area contributed by atoms with Gasteiger partial charge in [-0.15, -0.1) is 0 Å². The highest BCUT2D eigenvalue weighted by molar-refractivity contribution is 5.66. The Labute approximate surface area is 158 Å². The number of hydrogen-bond donors (Lipinski definition) is 3. The summed E-state index contributed by atoms with van der Waals surface area (Å²) in [5.41, 5.74) is 1.38. The molecule has 0 aromatic carbocycles. The predicted octanol–water partition coefficient (Wildman–Crippen LogP) is 5.23. The summed E-state index contributed by atoms with van der Waals surface area (Å²) in [4.78, 5) is 10.6. The Hall–Kier alpha value is -1.29. The Morgan fingerprint density at radius 3 is 2.73 bits per heavy atom. The maximum atomic E-state index is 10.6. The number of carbonyl (C=O) groups is 1. The van der Waals surface area contributed by atoms with Gasteiger partial charge in [0.05, 0.1) is 11.9 Å². The van der Waals surface area contributed by atoms with E-state index in [0.717, 1.165) is 32.1 Å². The van der Waals surface area contributed by atoms with Crippen LogP contribution in [0.5, 0.6) is 0 Å². The minimum atomic E-state index is -0.738. The lowest BCUT2D eigenvalue weighted by molar-refractivity contribution is -0.137. The van der Waals surface area contributed by atoms with Crippen LogP contribution in [0.2, 0.25) is 0 Å². The van der Waals surface area contributed by atoms with Crippen molar-refractivity contribution in [1.29, 1.82) is 0 Å². The summed E-state index contributed by atoms with van der Waals surface area (Å²) in [5, 5.41) is 29.8. The van der Waals surface area contributed by atoms with Crippen molar-refractivity contribution in [2.24, 2.45) is 23.7 Å². The molecule has 0 aromatic rings. The summed E-state index contributed by atoms with van der Waals surface area (Å²) in [6.07, 6.45) is 12.6. The number of fused-ring (bicyclic) bond motifs is 1. The number of hydrogen-bond acceptors (Lipinski definition) is 3. The Bertz CT molecular complexity index is 522. The average molecular weight is 365 g/mol. The molecule has 148 valence electrons. The Morgan fingerprint density at radius 1 is 1.27 bits per heavy atom. The molecule has 0 aromatic heterocycles. The fourth-order valence-corrected chi connectivity index (χ4v) is 4.73. The van der Waals surface area contributed by atoms with Gasteiger partial charge in [0.2, 0.25) is 0 Å². The maximum Gasteiger partial charge on any atom is 0.303 e. The van der Waals surface area contributed by atoms with E-state index in [4.69, 9.17) is 5.11 Å². The van der Waals surface area contributed by atoms with Crippen LogP contribution in [0.1, 0.15) is 78.1 Å². The Kier molecular flexibility index (Phi) is 8.20. The number of carboxylic acids is 1. The Morgan fingerprint density at radius 2 is 2.04 bits per heavy atom. The molecule has 0 amide bonds. The van der Waals surface area contributed by atoms with Crippen molar-refractivity contribution in [3.8, 4) is 0 Å². The van der Waals surface area contributed by atoms with E-state index >= 15 is 0 Å². The number of rotatable bonds is 10. The van der Waals surface area contributed by atoms with Gasteiger partial charge in [0.15, 0.2) is 0 Å². The molecule has 2 saturated carbocycles. The van der Waals surface area contributed by atoms with Crippen LogP contribution in [-0.2, 0) is 4.79 Å². The normalized spacial score (nSPS) is 31.3. The zero-order valence-corrected chi connectivity index (χ0v) is 16.4. The van der Waals surface area contributed by atoms with Crippen LogP contribution >= 0.6 is 0 Å². The number of aliphatic hydroxyl groups excluding tert-OH is 2. The van der Waals surface area contributed by atoms with Crippen molar-refractivity contribution in [3.63, 3.8) is 0 Å². The SMILES string of the molecule is CCCCC(C)C/C=C(/O)[C@@H]1[C@H]2C/C(=C/CCCC(=O)O)C[C@H]2C[C@H]1O. The van der Waals surface area contributed by atoms with Crippen LogP contribution in [0.25, 0.3) is 0 Å². The summed E-state index contributed by atoms with van der Waals surface area (Å²) >= 11 is 0. The number of allylic oxidation sites excluding steroid dienone is 3. The van der Waals surface area contributed by atoms with Gasteiger partial charge in [0, 0.05) is 12.3 Å². The van der Waals surface area contributed by atoms with E-state index in [-0.39, 0.29) is 12.3 Å². The fourth-order valence-electron chi connectivity index (χ4n) is 4.73. The predicted molar refractivity (Wildman–Crippen MR) is 104 cm³/mol. The molecule has 4 nitrogen and oxygen atoms in total. The third-order valence-corrected chi connectivity index (χ3v) is 6.20. The fraction of sp³-hybridized carbons (Fsp3) is 0.773. The second-order valence-electron chi connectivity index (χ2n) is 8.42. The lowest BCUT2D eigenvalue weighted by Crippen LogP contribution is -2.21. The van der Waals surface area contributed by atoms with Crippen LogP contribution < -0.4 is 0 Å².